The third kappa shape index (κ3) is 0.722. The Morgan fingerprint density at radius 2 is 1.69 bits per heavy atom. The minimum Gasteiger partial charge on any atom is -0.385 e. The Balaban J connectivity index is 2.32. The molecule has 1 spiro atoms. The molecule has 2 fully saturated rings. The highest BCUT2D eigenvalue weighted by Gasteiger charge is 2.85. The van der Waals surface area contributed by atoms with Crippen LogP contribution in [0.4, 0.5) is 0 Å². The van der Waals surface area contributed by atoms with Gasteiger partial charge in [0.2, 0.25) is 0 Å². The molecule has 3 heteroatoms. The van der Waals surface area contributed by atoms with Crippen molar-refractivity contribution < 1.29 is 10.2 Å². The van der Waals surface area contributed by atoms with E-state index in [1.165, 1.54) is 0 Å². The van der Waals surface area contributed by atoms with Crippen molar-refractivity contribution >= 4 is 0 Å². The van der Waals surface area contributed by atoms with Crippen molar-refractivity contribution in [2.45, 2.75) is 50.2 Å². The van der Waals surface area contributed by atoms with Crippen LogP contribution < -0.4 is 0 Å². The first-order valence-electron chi connectivity index (χ1n) is 4.88. The van der Waals surface area contributed by atoms with Gasteiger partial charge in [-0.1, -0.05) is 19.3 Å². The molecular formula is C10H15NO2. The molecule has 2 atom stereocenters. The van der Waals surface area contributed by atoms with Gasteiger partial charge in [-0.2, -0.15) is 5.26 Å². The van der Waals surface area contributed by atoms with E-state index in [1.54, 1.807) is 6.92 Å². The number of nitrogens with zero attached hydrogens (tertiary/aromatic N) is 1. The number of rotatable bonds is 0. The van der Waals surface area contributed by atoms with Crippen LogP contribution in [0.1, 0.15) is 39.0 Å². The molecule has 2 N–H and O–H groups in total. The van der Waals surface area contributed by atoms with E-state index >= 15 is 0 Å². The van der Waals surface area contributed by atoms with Gasteiger partial charge in [-0.25, -0.2) is 0 Å². The summed E-state index contributed by atoms with van der Waals surface area (Å²) in [5.74, 6) is 0. The zero-order valence-electron chi connectivity index (χ0n) is 7.88. The van der Waals surface area contributed by atoms with E-state index in [2.05, 4.69) is 0 Å². The van der Waals surface area contributed by atoms with Gasteiger partial charge in [-0.15, -0.1) is 0 Å². The van der Waals surface area contributed by atoms with Gasteiger partial charge in [-0.3, -0.25) is 0 Å². The highest BCUT2D eigenvalue weighted by atomic mass is 16.4. The third-order valence-corrected chi connectivity index (χ3v) is 4.14. The second kappa shape index (κ2) is 2.26. The first-order chi connectivity index (χ1) is 6.02. The number of hydrogen-bond donors (Lipinski definition) is 2. The summed E-state index contributed by atoms with van der Waals surface area (Å²) in [6, 6.07) is 1.87. The van der Waals surface area contributed by atoms with Crippen LogP contribution in [-0.4, -0.2) is 21.4 Å². The lowest BCUT2D eigenvalue weighted by Crippen LogP contribution is -2.20. The summed E-state index contributed by atoms with van der Waals surface area (Å²) in [5, 5.41) is 28.7. The Labute approximate surface area is 78.0 Å². The normalized spacial score (nSPS) is 47.2. The third-order valence-electron chi connectivity index (χ3n) is 4.14. The molecule has 13 heavy (non-hydrogen) atoms. The molecule has 0 radical (unpaired) electrons. The van der Waals surface area contributed by atoms with Crippen LogP contribution >= 0.6 is 0 Å². The standard InChI is InChI=1S/C10H15NO2/c1-8(12)9(10(8,13)7-11)5-3-2-4-6-9/h12-13H,2-6H2,1H3. The highest BCUT2D eigenvalue weighted by molar-refractivity contribution is 5.41. The zero-order valence-corrected chi connectivity index (χ0v) is 7.88. The Bertz CT molecular complexity index is 273. The lowest BCUT2D eigenvalue weighted by atomic mass is 9.82. The quantitative estimate of drug-likeness (QED) is 0.547. The van der Waals surface area contributed by atoms with Crippen LogP contribution in [0.2, 0.25) is 0 Å². The molecule has 0 aromatic rings. The lowest BCUT2D eigenvalue weighted by Gasteiger charge is -2.23. The fraction of sp³-hybridized carbons (Fsp3) is 0.900. The van der Waals surface area contributed by atoms with Crippen LogP contribution in [0.25, 0.3) is 0 Å². The fourth-order valence-corrected chi connectivity index (χ4v) is 3.05. The predicted molar refractivity (Wildman–Crippen MR) is 46.7 cm³/mol. The topological polar surface area (TPSA) is 64.2 Å². The SMILES string of the molecule is CC1(O)C(O)(C#N)C12CCCCC2. The molecule has 3 nitrogen and oxygen atoms in total. The first-order valence-corrected chi connectivity index (χ1v) is 4.88. The monoisotopic (exact) mass is 181 g/mol. The average Bonchev–Trinajstić information content (AvgIpc) is 2.49. The lowest BCUT2D eigenvalue weighted by molar-refractivity contribution is 0.0638. The number of nitriles is 1. The van der Waals surface area contributed by atoms with Gasteiger partial charge >= 0.3 is 0 Å². The minimum absolute atomic E-state index is 0.521. The maximum absolute atomic E-state index is 9.95. The summed E-state index contributed by atoms with van der Waals surface area (Å²) < 4.78 is 0. The molecule has 0 amide bonds. The van der Waals surface area contributed by atoms with E-state index in [0.717, 1.165) is 32.1 Å². The van der Waals surface area contributed by atoms with Crippen molar-refractivity contribution in [2.75, 3.05) is 0 Å². The van der Waals surface area contributed by atoms with Gasteiger partial charge in [0.1, 0.15) is 11.7 Å². The molecule has 0 heterocycles. The smallest absolute Gasteiger partial charge is 0.188 e. The fourth-order valence-electron chi connectivity index (χ4n) is 3.05. The summed E-state index contributed by atoms with van der Waals surface area (Å²) >= 11 is 0. The summed E-state index contributed by atoms with van der Waals surface area (Å²) in [4.78, 5) is 0. The van der Waals surface area contributed by atoms with Crippen LogP contribution in [0, 0.1) is 16.7 Å². The maximum Gasteiger partial charge on any atom is 0.188 e. The van der Waals surface area contributed by atoms with E-state index in [0.29, 0.717) is 0 Å². The van der Waals surface area contributed by atoms with Crippen LogP contribution in [-0.2, 0) is 0 Å². The maximum atomic E-state index is 9.95. The van der Waals surface area contributed by atoms with E-state index in [9.17, 15) is 10.2 Å². The van der Waals surface area contributed by atoms with Crippen molar-refractivity contribution in [3.63, 3.8) is 0 Å². The molecule has 2 rings (SSSR count). The predicted octanol–water partition coefficient (Wildman–Crippen LogP) is 0.956. The molecule has 2 aliphatic carbocycles. The molecule has 72 valence electrons. The molecular weight excluding hydrogens is 166 g/mol. The minimum atomic E-state index is -1.49. The molecule has 0 bridgehead atoms. The van der Waals surface area contributed by atoms with Gasteiger partial charge in [0.25, 0.3) is 0 Å². The van der Waals surface area contributed by atoms with Gasteiger partial charge in [0.05, 0.1) is 0 Å². The Morgan fingerprint density at radius 1 is 1.15 bits per heavy atom. The first kappa shape index (κ1) is 8.98. The van der Waals surface area contributed by atoms with Crippen molar-refractivity contribution in [3.8, 4) is 6.07 Å². The molecule has 2 unspecified atom stereocenters. The molecule has 0 aliphatic heterocycles. The summed E-state index contributed by atoms with van der Waals surface area (Å²) in [7, 11) is 0. The van der Waals surface area contributed by atoms with Gasteiger partial charge in [0.15, 0.2) is 5.60 Å². The molecule has 2 saturated carbocycles. The number of hydrogen-bond acceptors (Lipinski definition) is 3. The van der Waals surface area contributed by atoms with Crippen LogP contribution in [0.5, 0.6) is 0 Å². The van der Waals surface area contributed by atoms with E-state index < -0.39 is 16.6 Å². The summed E-state index contributed by atoms with van der Waals surface area (Å²) in [5.41, 5.74) is -3.19. The Morgan fingerprint density at radius 3 is 2.08 bits per heavy atom. The highest BCUT2D eigenvalue weighted by Crippen LogP contribution is 2.71. The molecule has 2 aliphatic rings. The Hall–Kier alpha value is -0.590. The zero-order chi connectivity index (χ0) is 9.74. The van der Waals surface area contributed by atoms with E-state index in [1.807, 2.05) is 6.07 Å². The Kier molecular flexibility index (Phi) is 1.56. The van der Waals surface area contributed by atoms with Gasteiger partial charge < -0.3 is 10.2 Å². The molecule has 0 saturated heterocycles. The number of aliphatic hydroxyl groups is 2. The van der Waals surface area contributed by atoms with Crippen molar-refractivity contribution in [1.82, 2.24) is 0 Å². The average molecular weight is 181 g/mol. The van der Waals surface area contributed by atoms with Crippen molar-refractivity contribution in [2.24, 2.45) is 5.41 Å². The van der Waals surface area contributed by atoms with E-state index in [-0.39, 0.29) is 0 Å². The van der Waals surface area contributed by atoms with Crippen LogP contribution in [0.3, 0.4) is 0 Å². The van der Waals surface area contributed by atoms with Gasteiger partial charge in [0, 0.05) is 5.41 Å². The molecule has 0 aromatic carbocycles. The molecule has 0 aromatic heterocycles. The van der Waals surface area contributed by atoms with Crippen molar-refractivity contribution in [1.29, 1.82) is 5.26 Å². The second-order valence-corrected chi connectivity index (χ2v) is 4.54. The van der Waals surface area contributed by atoms with Crippen LogP contribution in [0.15, 0.2) is 0 Å². The van der Waals surface area contributed by atoms with Gasteiger partial charge in [-0.05, 0) is 19.8 Å². The second-order valence-electron chi connectivity index (χ2n) is 4.54. The van der Waals surface area contributed by atoms with E-state index in [4.69, 9.17) is 5.26 Å². The summed E-state index contributed by atoms with van der Waals surface area (Å²) in [6.45, 7) is 1.58. The van der Waals surface area contributed by atoms with Crippen molar-refractivity contribution in [3.05, 3.63) is 0 Å². The largest absolute Gasteiger partial charge is 0.385 e. The summed E-state index contributed by atoms with van der Waals surface area (Å²) in [6.07, 6.45) is 4.74.